The number of nitrogens with two attached hydrogens (primary N) is 1. The summed E-state index contributed by atoms with van der Waals surface area (Å²) in [4.78, 5) is 3.82. The van der Waals surface area contributed by atoms with Gasteiger partial charge in [-0.25, -0.2) is 19.6 Å². The number of hydrogen-bond donors (Lipinski definition) is 2. The monoisotopic (exact) mass is 273 g/mol. The van der Waals surface area contributed by atoms with Crippen molar-refractivity contribution in [2.24, 2.45) is 5.84 Å². The topological polar surface area (TPSA) is 50.9 Å². The second kappa shape index (κ2) is 3.71. The number of hydrogen-bond acceptors (Lipinski definition) is 3. The Kier molecular flexibility index (Phi) is 2.54. The van der Waals surface area contributed by atoms with Crippen molar-refractivity contribution < 1.29 is 8.78 Å². The minimum absolute atomic E-state index is 0.0499. The van der Waals surface area contributed by atoms with E-state index in [0.717, 1.165) is 6.07 Å². The third-order valence-corrected chi connectivity index (χ3v) is 2.55. The number of fused-ring (bicyclic) bond motifs is 1. The standard InChI is InChI=1S/C9H6BrF2N3/c10-5-3-6(11)9-4(8(5)12)1-2-7(14-9)15-13/h1-3H,13H2,(H,14,15). The van der Waals surface area contributed by atoms with Crippen LogP contribution in [-0.2, 0) is 0 Å². The van der Waals surface area contributed by atoms with Crippen LogP contribution in [0.15, 0.2) is 22.7 Å². The van der Waals surface area contributed by atoms with Gasteiger partial charge >= 0.3 is 0 Å². The van der Waals surface area contributed by atoms with Crippen molar-refractivity contribution in [3.8, 4) is 0 Å². The number of anilines is 1. The zero-order chi connectivity index (χ0) is 11.0. The van der Waals surface area contributed by atoms with E-state index in [0.29, 0.717) is 0 Å². The smallest absolute Gasteiger partial charge is 0.150 e. The molecule has 0 amide bonds. The molecule has 1 heterocycles. The number of hydrazine groups is 1. The molecule has 0 saturated heterocycles. The Bertz CT molecular complexity index is 530. The van der Waals surface area contributed by atoms with Gasteiger partial charge in [0.2, 0.25) is 0 Å². The van der Waals surface area contributed by atoms with Gasteiger partial charge in [0.1, 0.15) is 17.2 Å². The fraction of sp³-hybridized carbons (Fsp3) is 0. The summed E-state index contributed by atoms with van der Waals surface area (Å²) >= 11 is 2.92. The lowest BCUT2D eigenvalue weighted by atomic mass is 10.2. The lowest BCUT2D eigenvalue weighted by Crippen LogP contribution is -2.08. The first kappa shape index (κ1) is 10.3. The first-order chi connectivity index (χ1) is 7.13. The van der Waals surface area contributed by atoms with E-state index < -0.39 is 11.6 Å². The summed E-state index contributed by atoms with van der Waals surface area (Å²) in [5.41, 5.74) is 2.22. The molecule has 0 fully saturated rings. The van der Waals surface area contributed by atoms with Crippen molar-refractivity contribution in [2.45, 2.75) is 0 Å². The highest BCUT2D eigenvalue weighted by molar-refractivity contribution is 9.10. The van der Waals surface area contributed by atoms with Gasteiger partial charge in [-0.15, -0.1) is 0 Å². The molecule has 3 nitrogen and oxygen atoms in total. The first-order valence-electron chi connectivity index (χ1n) is 4.04. The molecule has 0 atom stereocenters. The number of halogens is 3. The van der Waals surface area contributed by atoms with Crippen LogP contribution >= 0.6 is 15.9 Å². The van der Waals surface area contributed by atoms with E-state index in [1.54, 1.807) is 0 Å². The molecule has 0 radical (unpaired) electrons. The van der Waals surface area contributed by atoms with Gasteiger partial charge < -0.3 is 5.43 Å². The SMILES string of the molecule is NNc1ccc2c(F)c(Br)cc(F)c2n1. The van der Waals surface area contributed by atoms with Crippen LogP contribution in [0.5, 0.6) is 0 Å². The molecule has 0 saturated carbocycles. The van der Waals surface area contributed by atoms with Gasteiger partial charge in [0.05, 0.1) is 4.47 Å². The third kappa shape index (κ3) is 1.66. The van der Waals surface area contributed by atoms with Crippen LogP contribution in [0.3, 0.4) is 0 Å². The molecule has 0 aliphatic carbocycles. The number of aromatic nitrogens is 1. The second-order valence-corrected chi connectivity index (χ2v) is 3.75. The number of nitrogens with zero attached hydrogens (tertiary/aromatic N) is 1. The summed E-state index contributed by atoms with van der Waals surface area (Å²) in [7, 11) is 0. The molecular weight excluding hydrogens is 268 g/mol. The van der Waals surface area contributed by atoms with Crippen LogP contribution in [-0.4, -0.2) is 4.98 Å². The minimum Gasteiger partial charge on any atom is -0.308 e. The van der Waals surface area contributed by atoms with E-state index in [9.17, 15) is 8.78 Å². The molecule has 3 N–H and O–H groups in total. The molecular formula is C9H6BrF2N3. The molecule has 0 unspecified atom stereocenters. The number of rotatable bonds is 1. The largest absolute Gasteiger partial charge is 0.308 e. The van der Waals surface area contributed by atoms with Crippen molar-refractivity contribution in [1.29, 1.82) is 0 Å². The fourth-order valence-electron chi connectivity index (χ4n) is 1.27. The minimum atomic E-state index is -0.602. The number of nitrogens with one attached hydrogen (secondary N) is 1. The van der Waals surface area contributed by atoms with Crippen LogP contribution in [0.2, 0.25) is 0 Å². The van der Waals surface area contributed by atoms with E-state index in [-0.39, 0.29) is 21.2 Å². The van der Waals surface area contributed by atoms with Gasteiger partial charge in [0, 0.05) is 5.39 Å². The van der Waals surface area contributed by atoms with E-state index >= 15 is 0 Å². The van der Waals surface area contributed by atoms with E-state index in [2.05, 4.69) is 26.3 Å². The third-order valence-electron chi connectivity index (χ3n) is 1.97. The Hall–Kier alpha value is -1.27. The Labute approximate surface area is 92.4 Å². The zero-order valence-electron chi connectivity index (χ0n) is 7.39. The highest BCUT2D eigenvalue weighted by Gasteiger charge is 2.11. The average Bonchev–Trinajstić information content (AvgIpc) is 2.25. The van der Waals surface area contributed by atoms with Crippen molar-refractivity contribution in [3.05, 3.63) is 34.3 Å². The van der Waals surface area contributed by atoms with Crippen molar-refractivity contribution in [3.63, 3.8) is 0 Å². The maximum Gasteiger partial charge on any atom is 0.150 e. The van der Waals surface area contributed by atoms with Crippen molar-refractivity contribution in [2.75, 3.05) is 5.43 Å². The maximum absolute atomic E-state index is 13.5. The molecule has 1 aromatic heterocycles. The Balaban J connectivity index is 2.84. The molecule has 78 valence electrons. The highest BCUT2D eigenvalue weighted by Crippen LogP contribution is 2.27. The zero-order valence-corrected chi connectivity index (χ0v) is 8.98. The quantitative estimate of drug-likeness (QED) is 0.477. The van der Waals surface area contributed by atoms with Crippen LogP contribution in [0.1, 0.15) is 0 Å². The summed E-state index contributed by atoms with van der Waals surface area (Å²) in [6, 6.07) is 3.92. The molecule has 0 aliphatic heterocycles. The fourth-order valence-corrected chi connectivity index (χ4v) is 1.68. The number of nitrogen functional groups attached to an aromatic ring is 1. The van der Waals surface area contributed by atoms with Crippen LogP contribution < -0.4 is 11.3 Å². The van der Waals surface area contributed by atoms with Crippen molar-refractivity contribution in [1.82, 2.24) is 4.98 Å². The van der Waals surface area contributed by atoms with Crippen LogP contribution in [0.25, 0.3) is 10.9 Å². The molecule has 0 spiro atoms. The van der Waals surface area contributed by atoms with Gasteiger partial charge in [-0.1, -0.05) is 0 Å². The van der Waals surface area contributed by atoms with Gasteiger partial charge in [-0.3, -0.25) is 0 Å². The summed E-state index contributed by atoms with van der Waals surface area (Å²) < 4.78 is 27.0. The lowest BCUT2D eigenvalue weighted by molar-refractivity contribution is 0.610. The summed E-state index contributed by atoms with van der Waals surface area (Å²) in [6.07, 6.45) is 0. The summed E-state index contributed by atoms with van der Waals surface area (Å²) in [5, 5.41) is 0.112. The van der Waals surface area contributed by atoms with Crippen molar-refractivity contribution >= 4 is 32.7 Å². The molecule has 15 heavy (non-hydrogen) atoms. The van der Waals surface area contributed by atoms with E-state index in [1.165, 1.54) is 12.1 Å². The number of benzene rings is 1. The molecule has 6 heteroatoms. The van der Waals surface area contributed by atoms with Gasteiger partial charge in [0.15, 0.2) is 5.82 Å². The van der Waals surface area contributed by atoms with Gasteiger partial charge in [0.25, 0.3) is 0 Å². The Morgan fingerprint density at radius 3 is 2.73 bits per heavy atom. The molecule has 2 rings (SSSR count). The second-order valence-electron chi connectivity index (χ2n) is 2.89. The van der Waals surface area contributed by atoms with E-state index in [1.807, 2.05) is 0 Å². The lowest BCUT2D eigenvalue weighted by Gasteiger charge is -2.05. The normalized spacial score (nSPS) is 10.7. The molecule has 2 aromatic rings. The van der Waals surface area contributed by atoms with Gasteiger partial charge in [-0.2, -0.15) is 0 Å². The van der Waals surface area contributed by atoms with Crippen LogP contribution in [0, 0.1) is 11.6 Å². The van der Waals surface area contributed by atoms with Crippen LogP contribution in [0.4, 0.5) is 14.6 Å². The van der Waals surface area contributed by atoms with Gasteiger partial charge in [-0.05, 0) is 34.1 Å². The maximum atomic E-state index is 13.5. The predicted molar refractivity (Wildman–Crippen MR) is 57.2 cm³/mol. The first-order valence-corrected chi connectivity index (χ1v) is 4.83. The highest BCUT2D eigenvalue weighted by atomic mass is 79.9. The predicted octanol–water partition coefficient (Wildman–Crippen LogP) is 2.56. The molecule has 0 aliphatic rings. The molecule has 0 bridgehead atoms. The van der Waals surface area contributed by atoms with E-state index in [4.69, 9.17) is 5.84 Å². The average molecular weight is 274 g/mol. The Morgan fingerprint density at radius 1 is 1.33 bits per heavy atom. The Morgan fingerprint density at radius 2 is 2.07 bits per heavy atom. The number of pyridine rings is 1. The summed E-state index contributed by atoms with van der Waals surface area (Å²) in [5.74, 6) is 4.26. The summed E-state index contributed by atoms with van der Waals surface area (Å²) in [6.45, 7) is 0. The molecule has 1 aromatic carbocycles.